The monoisotopic (exact) mass is 302 g/mol. The molecule has 1 heterocycles. The molecule has 1 aromatic carbocycles. The van der Waals surface area contributed by atoms with Gasteiger partial charge in [-0.15, -0.1) is 0 Å². The van der Waals surface area contributed by atoms with E-state index in [9.17, 15) is 13.9 Å². The molecule has 112 valence electrons. The summed E-state index contributed by atoms with van der Waals surface area (Å²) in [7, 11) is -3.10. The van der Waals surface area contributed by atoms with Crippen LogP contribution in [-0.2, 0) is 8.92 Å². The fourth-order valence-corrected chi connectivity index (χ4v) is 3.12. The number of aryl methyl sites for hydroxylation is 2. The van der Waals surface area contributed by atoms with E-state index in [0.29, 0.717) is 12.2 Å². The molecule has 0 bridgehead atoms. The lowest BCUT2D eigenvalue weighted by Crippen LogP contribution is -2.32. The molecule has 1 aromatic rings. The highest BCUT2D eigenvalue weighted by Crippen LogP contribution is 2.44. The standard InChI is InChI=1S/C13H18O6S/c1-9-3-4-12(10(2)7-9)19-13(14)18-11-5-6-17-20(15,16)8-11/h3-4,7,11,15-16H,5-6,8H2,1-2H3. The third-order valence-corrected chi connectivity index (χ3v) is 4.25. The third-order valence-electron chi connectivity index (χ3n) is 2.90. The number of carbonyl (C=O) groups excluding carboxylic acids is 1. The van der Waals surface area contributed by atoms with Crippen molar-refractivity contribution in [3.63, 3.8) is 0 Å². The number of carbonyl (C=O) groups is 1. The van der Waals surface area contributed by atoms with Gasteiger partial charge in [0.1, 0.15) is 11.9 Å². The van der Waals surface area contributed by atoms with Crippen LogP contribution >= 0.6 is 10.9 Å². The Balaban J connectivity index is 1.92. The van der Waals surface area contributed by atoms with Gasteiger partial charge in [-0.25, -0.2) is 4.79 Å². The minimum Gasteiger partial charge on any atom is -0.429 e. The fourth-order valence-electron chi connectivity index (χ4n) is 1.94. The molecule has 20 heavy (non-hydrogen) atoms. The predicted molar refractivity (Wildman–Crippen MR) is 75.1 cm³/mol. The first-order chi connectivity index (χ1) is 9.35. The van der Waals surface area contributed by atoms with Gasteiger partial charge in [0.05, 0.1) is 23.2 Å². The summed E-state index contributed by atoms with van der Waals surface area (Å²) >= 11 is 0. The maximum Gasteiger partial charge on any atom is 0.514 e. The van der Waals surface area contributed by atoms with Crippen LogP contribution in [0.2, 0.25) is 0 Å². The zero-order chi connectivity index (χ0) is 14.8. The van der Waals surface area contributed by atoms with Crippen molar-refractivity contribution in [2.75, 3.05) is 12.4 Å². The van der Waals surface area contributed by atoms with Crippen molar-refractivity contribution in [1.29, 1.82) is 0 Å². The Morgan fingerprint density at radius 3 is 2.80 bits per heavy atom. The van der Waals surface area contributed by atoms with Crippen LogP contribution in [0.25, 0.3) is 0 Å². The Morgan fingerprint density at radius 2 is 2.15 bits per heavy atom. The molecular formula is C13H18O6S. The van der Waals surface area contributed by atoms with Gasteiger partial charge < -0.3 is 18.6 Å². The molecule has 6 nitrogen and oxygen atoms in total. The second kappa shape index (κ2) is 6.01. The Bertz CT molecular complexity index is 502. The van der Waals surface area contributed by atoms with Crippen LogP contribution < -0.4 is 4.74 Å². The van der Waals surface area contributed by atoms with Crippen molar-refractivity contribution in [1.82, 2.24) is 0 Å². The van der Waals surface area contributed by atoms with E-state index >= 15 is 0 Å². The number of benzene rings is 1. The molecule has 7 heteroatoms. The second-order valence-electron chi connectivity index (χ2n) is 4.74. The Morgan fingerprint density at radius 1 is 1.40 bits per heavy atom. The number of hydrogen-bond donors (Lipinski definition) is 2. The molecule has 1 saturated heterocycles. The van der Waals surface area contributed by atoms with Crippen LogP contribution in [0, 0.1) is 13.8 Å². The van der Waals surface area contributed by atoms with E-state index in [1.54, 1.807) is 6.07 Å². The van der Waals surface area contributed by atoms with Gasteiger partial charge in [0, 0.05) is 6.42 Å². The summed E-state index contributed by atoms with van der Waals surface area (Å²) in [5, 5.41) is 0. The van der Waals surface area contributed by atoms with E-state index in [2.05, 4.69) is 0 Å². The van der Waals surface area contributed by atoms with Crippen LogP contribution in [0.1, 0.15) is 17.5 Å². The third kappa shape index (κ3) is 4.11. The highest BCUT2D eigenvalue weighted by Gasteiger charge is 2.32. The first-order valence-corrected chi connectivity index (χ1v) is 7.86. The molecule has 0 radical (unpaired) electrons. The van der Waals surface area contributed by atoms with Gasteiger partial charge in [0.25, 0.3) is 0 Å². The Labute approximate surface area is 119 Å². The number of rotatable bonds is 2. The summed E-state index contributed by atoms with van der Waals surface area (Å²) in [6.07, 6.45) is -1.04. The molecule has 2 rings (SSSR count). The van der Waals surface area contributed by atoms with Crippen molar-refractivity contribution < 1.29 is 27.6 Å². The van der Waals surface area contributed by atoms with Gasteiger partial charge in [-0.2, -0.15) is 0 Å². The maximum atomic E-state index is 11.7. The van der Waals surface area contributed by atoms with Gasteiger partial charge in [-0.05, 0) is 25.5 Å². The molecule has 0 spiro atoms. The van der Waals surface area contributed by atoms with Gasteiger partial charge >= 0.3 is 6.16 Å². The van der Waals surface area contributed by atoms with E-state index in [-0.39, 0.29) is 12.4 Å². The fraction of sp³-hybridized carbons (Fsp3) is 0.462. The van der Waals surface area contributed by atoms with Crippen LogP contribution in [0.4, 0.5) is 4.79 Å². The summed E-state index contributed by atoms with van der Waals surface area (Å²) < 4.78 is 33.8. The first kappa shape index (κ1) is 15.1. The normalized spacial score (nSPS) is 22.9. The smallest absolute Gasteiger partial charge is 0.429 e. The maximum absolute atomic E-state index is 11.7. The summed E-state index contributed by atoms with van der Waals surface area (Å²) in [6, 6.07) is 5.43. The van der Waals surface area contributed by atoms with Crippen molar-refractivity contribution in [2.45, 2.75) is 26.4 Å². The first-order valence-electron chi connectivity index (χ1n) is 6.22. The van der Waals surface area contributed by atoms with E-state index in [1.165, 1.54) is 0 Å². The highest BCUT2D eigenvalue weighted by atomic mass is 32.3. The predicted octanol–water partition coefficient (Wildman–Crippen LogP) is 3.27. The van der Waals surface area contributed by atoms with Gasteiger partial charge in [0.15, 0.2) is 0 Å². The Kier molecular flexibility index (Phi) is 4.54. The molecule has 1 aliphatic rings. The van der Waals surface area contributed by atoms with Gasteiger partial charge in [-0.3, -0.25) is 4.18 Å². The Hall–Kier alpha value is -1.28. The molecule has 0 aromatic heterocycles. The van der Waals surface area contributed by atoms with Crippen molar-refractivity contribution in [3.05, 3.63) is 29.3 Å². The molecule has 1 unspecified atom stereocenters. The van der Waals surface area contributed by atoms with Crippen molar-refractivity contribution in [2.24, 2.45) is 0 Å². The van der Waals surface area contributed by atoms with E-state index < -0.39 is 23.1 Å². The minimum absolute atomic E-state index is 0.116. The van der Waals surface area contributed by atoms with Crippen LogP contribution in [0.3, 0.4) is 0 Å². The zero-order valence-corrected chi connectivity index (χ0v) is 12.2. The SMILES string of the molecule is Cc1ccc(OC(=O)OC2CCOS(O)(O)C2)c(C)c1. The average Bonchev–Trinajstić information content (AvgIpc) is 2.31. The minimum atomic E-state index is -3.10. The summed E-state index contributed by atoms with van der Waals surface area (Å²) in [6.45, 7) is 3.92. The second-order valence-corrected chi connectivity index (χ2v) is 6.53. The van der Waals surface area contributed by atoms with Crippen LogP contribution in [0.15, 0.2) is 18.2 Å². The molecule has 0 aliphatic carbocycles. The summed E-state index contributed by atoms with van der Waals surface area (Å²) in [4.78, 5) is 11.7. The molecular weight excluding hydrogens is 284 g/mol. The summed E-state index contributed by atoms with van der Waals surface area (Å²) in [5.74, 6) is 0.314. The van der Waals surface area contributed by atoms with Crippen molar-refractivity contribution >= 4 is 17.0 Å². The lowest BCUT2D eigenvalue weighted by molar-refractivity contribution is 0.0465. The lowest BCUT2D eigenvalue weighted by Gasteiger charge is -2.34. The molecule has 1 atom stereocenters. The van der Waals surface area contributed by atoms with E-state index in [0.717, 1.165) is 11.1 Å². The van der Waals surface area contributed by atoms with Gasteiger partial charge in [-0.1, -0.05) is 17.7 Å². The van der Waals surface area contributed by atoms with Gasteiger partial charge in [0.2, 0.25) is 0 Å². The van der Waals surface area contributed by atoms with Crippen LogP contribution in [0.5, 0.6) is 5.75 Å². The molecule has 1 aliphatic heterocycles. The van der Waals surface area contributed by atoms with E-state index in [1.807, 2.05) is 26.0 Å². The largest absolute Gasteiger partial charge is 0.514 e. The lowest BCUT2D eigenvalue weighted by atomic mass is 10.1. The molecule has 1 fully saturated rings. The number of hydrogen-bond acceptors (Lipinski definition) is 6. The molecule has 0 amide bonds. The van der Waals surface area contributed by atoms with E-state index in [4.69, 9.17) is 13.7 Å². The number of ether oxygens (including phenoxy) is 2. The quantitative estimate of drug-likeness (QED) is 0.644. The summed E-state index contributed by atoms with van der Waals surface area (Å²) in [5.41, 5.74) is 1.90. The zero-order valence-electron chi connectivity index (χ0n) is 11.4. The highest BCUT2D eigenvalue weighted by molar-refractivity contribution is 8.20. The van der Waals surface area contributed by atoms with Crippen LogP contribution in [-0.4, -0.2) is 33.7 Å². The van der Waals surface area contributed by atoms with Crippen molar-refractivity contribution in [3.8, 4) is 5.75 Å². The molecule has 0 saturated carbocycles. The topological polar surface area (TPSA) is 85.2 Å². The average molecular weight is 302 g/mol. The molecule has 2 N–H and O–H groups in total.